The van der Waals surface area contributed by atoms with Crippen LogP contribution in [0.25, 0.3) is 0 Å². The predicted molar refractivity (Wildman–Crippen MR) is 105 cm³/mol. The first-order valence-corrected chi connectivity index (χ1v) is 9.90. The molecule has 1 unspecified atom stereocenters. The third kappa shape index (κ3) is 7.17. The van der Waals surface area contributed by atoms with Crippen molar-refractivity contribution in [2.45, 2.75) is 17.7 Å². The molecule has 0 radical (unpaired) electrons. The number of rotatable bonds is 9. The van der Waals surface area contributed by atoms with Crippen LogP contribution < -0.4 is 11.1 Å². The summed E-state index contributed by atoms with van der Waals surface area (Å²) in [6.45, 7) is 0.175. The van der Waals surface area contributed by atoms with Gasteiger partial charge >= 0.3 is 0 Å². The first kappa shape index (κ1) is 20.5. The van der Waals surface area contributed by atoms with Crippen molar-refractivity contribution in [1.82, 2.24) is 5.32 Å². The Morgan fingerprint density at radius 1 is 1.12 bits per heavy atom. The first-order chi connectivity index (χ1) is 12.4. The lowest BCUT2D eigenvalue weighted by Crippen LogP contribution is -2.37. The maximum atomic E-state index is 12.9. The summed E-state index contributed by atoms with van der Waals surface area (Å²) in [5.74, 6) is -0.824. The van der Waals surface area contributed by atoms with Gasteiger partial charge in [0.05, 0.1) is 5.92 Å². The molecule has 3 N–H and O–H groups in total. The fraction of sp³-hybridized carbons (Fsp3) is 0.263. The first-order valence-electron chi connectivity index (χ1n) is 8.13. The number of nitrogens with one attached hydrogen (secondary N) is 1. The van der Waals surface area contributed by atoms with Crippen LogP contribution in [0.3, 0.4) is 0 Å². The van der Waals surface area contributed by atoms with Crippen LogP contribution in [0.4, 0.5) is 4.39 Å². The van der Waals surface area contributed by atoms with Gasteiger partial charge in [-0.1, -0.05) is 28.1 Å². The van der Waals surface area contributed by atoms with Crippen molar-refractivity contribution >= 4 is 39.5 Å². The van der Waals surface area contributed by atoms with Crippen molar-refractivity contribution in [3.8, 4) is 0 Å². The number of benzene rings is 2. The highest BCUT2D eigenvalue weighted by molar-refractivity contribution is 9.10. The zero-order chi connectivity index (χ0) is 18.9. The number of thioether (sulfide) groups is 1. The molecule has 0 bridgehead atoms. The van der Waals surface area contributed by atoms with Crippen molar-refractivity contribution in [2.24, 2.45) is 11.7 Å². The number of nitrogens with two attached hydrogens (primary N) is 1. The number of carbonyl (C=O) groups excluding carboxylic acids is 2. The van der Waals surface area contributed by atoms with E-state index in [1.54, 1.807) is 23.9 Å². The molecule has 2 rings (SSSR count). The maximum absolute atomic E-state index is 12.9. The zero-order valence-electron chi connectivity index (χ0n) is 14.1. The van der Waals surface area contributed by atoms with Crippen LogP contribution in [0.5, 0.6) is 0 Å². The molecule has 7 heteroatoms. The molecule has 2 amide bonds. The summed E-state index contributed by atoms with van der Waals surface area (Å²) in [4.78, 5) is 24.7. The topological polar surface area (TPSA) is 72.2 Å². The maximum Gasteiger partial charge on any atom is 0.222 e. The average Bonchev–Trinajstić information content (AvgIpc) is 2.61. The Hall–Kier alpha value is -1.86. The van der Waals surface area contributed by atoms with Gasteiger partial charge in [-0.3, -0.25) is 9.59 Å². The molecule has 0 spiro atoms. The molecule has 0 saturated heterocycles. The number of primary amides is 1. The van der Waals surface area contributed by atoms with Crippen LogP contribution in [-0.4, -0.2) is 24.1 Å². The molecule has 4 nitrogen and oxygen atoms in total. The lowest BCUT2D eigenvalue weighted by Gasteiger charge is -2.14. The van der Waals surface area contributed by atoms with Gasteiger partial charge in [-0.25, -0.2) is 4.39 Å². The second kappa shape index (κ2) is 10.3. The lowest BCUT2D eigenvalue weighted by atomic mass is 9.98. The molecule has 0 fully saturated rings. The molecule has 1 atom stereocenters. The smallest absolute Gasteiger partial charge is 0.222 e. The summed E-state index contributed by atoms with van der Waals surface area (Å²) >= 11 is 4.97. The molecular formula is C19H20BrFN2O2S. The van der Waals surface area contributed by atoms with Crippen molar-refractivity contribution in [3.05, 3.63) is 64.4 Å². The molecule has 0 aromatic heterocycles. The van der Waals surface area contributed by atoms with Crippen LogP contribution in [0.15, 0.2) is 57.9 Å². The highest BCUT2D eigenvalue weighted by atomic mass is 79.9. The fourth-order valence-electron chi connectivity index (χ4n) is 2.30. The number of carbonyl (C=O) groups is 2. The van der Waals surface area contributed by atoms with Crippen molar-refractivity contribution < 1.29 is 14.0 Å². The van der Waals surface area contributed by atoms with Gasteiger partial charge in [-0.05, 0) is 48.4 Å². The Labute approximate surface area is 164 Å². The highest BCUT2D eigenvalue weighted by Gasteiger charge is 2.17. The Morgan fingerprint density at radius 3 is 2.38 bits per heavy atom. The Morgan fingerprint density at radius 2 is 1.77 bits per heavy atom. The lowest BCUT2D eigenvalue weighted by molar-refractivity contribution is -0.123. The van der Waals surface area contributed by atoms with E-state index in [1.807, 2.05) is 24.3 Å². The van der Waals surface area contributed by atoms with E-state index in [4.69, 9.17) is 5.73 Å². The predicted octanol–water partition coefficient (Wildman–Crippen LogP) is 3.53. The molecule has 0 aliphatic heterocycles. The SMILES string of the molecule is NC(=O)C(CNC(=O)CCSc1ccc(Br)cc1)Cc1ccc(F)cc1. The average molecular weight is 439 g/mol. The van der Waals surface area contributed by atoms with Gasteiger partial charge in [-0.2, -0.15) is 0 Å². The van der Waals surface area contributed by atoms with E-state index in [1.165, 1.54) is 12.1 Å². The van der Waals surface area contributed by atoms with Crippen LogP contribution in [-0.2, 0) is 16.0 Å². The van der Waals surface area contributed by atoms with Gasteiger partial charge in [0, 0.05) is 28.1 Å². The number of halogens is 2. The molecule has 26 heavy (non-hydrogen) atoms. The second-order valence-electron chi connectivity index (χ2n) is 5.79. The summed E-state index contributed by atoms with van der Waals surface area (Å²) in [6, 6.07) is 13.8. The van der Waals surface area contributed by atoms with Gasteiger partial charge < -0.3 is 11.1 Å². The van der Waals surface area contributed by atoms with Crippen LogP contribution in [0.2, 0.25) is 0 Å². The fourth-order valence-corrected chi connectivity index (χ4v) is 3.41. The van der Waals surface area contributed by atoms with Gasteiger partial charge in [-0.15, -0.1) is 11.8 Å². The van der Waals surface area contributed by atoms with E-state index in [0.717, 1.165) is 14.9 Å². The quantitative estimate of drug-likeness (QED) is 0.588. The van der Waals surface area contributed by atoms with Gasteiger partial charge in [0.1, 0.15) is 5.82 Å². The summed E-state index contributed by atoms with van der Waals surface area (Å²) in [6.07, 6.45) is 0.715. The molecule has 138 valence electrons. The Kier molecular flexibility index (Phi) is 8.12. The van der Waals surface area contributed by atoms with Crippen molar-refractivity contribution in [2.75, 3.05) is 12.3 Å². The Balaban J connectivity index is 1.75. The number of amides is 2. The highest BCUT2D eigenvalue weighted by Crippen LogP contribution is 2.21. The molecule has 2 aromatic rings. The Bertz CT molecular complexity index is 738. The summed E-state index contributed by atoms with van der Waals surface area (Å²) in [5, 5.41) is 2.76. The minimum Gasteiger partial charge on any atom is -0.369 e. The zero-order valence-corrected chi connectivity index (χ0v) is 16.5. The van der Waals surface area contributed by atoms with Gasteiger partial charge in [0.15, 0.2) is 0 Å². The summed E-state index contributed by atoms with van der Waals surface area (Å²) in [5.41, 5.74) is 6.22. The third-order valence-corrected chi connectivity index (χ3v) is 5.30. The van der Waals surface area contributed by atoms with Crippen LogP contribution >= 0.6 is 27.7 Å². The molecule has 0 aliphatic carbocycles. The number of hydrogen-bond donors (Lipinski definition) is 2. The van der Waals surface area contributed by atoms with Crippen LogP contribution in [0, 0.1) is 11.7 Å². The molecule has 0 saturated carbocycles. The second-order valence-corrected chi connectivity index (χ2v) is 7.87. The van der Waals surface area contributed by atoms with E-state index >= 15 is 0 Å². The summed E-state index contributed by atoms with van der Waals surface area (Å²) in [7, 11) is 0. The van der Waals surface area contributed by atoms with E-state index in [-0.39, 0.29) is 18.3 Å². The normalized spacial score (nSPS) is 11.8. The molecule has 2 aromatic carbocycles. The molecule has 0 heterocycles. The van der Waals surface area contributed by atoms with Gasteiger partial charge in [0.25, 0.3) is 0 Å². The minimum atomic E-state index is -0.525. The van der Waals surface area contributed by atoms with E-state index in [2.05, 4.69) is 21.2 Å². The van der Waals surface area contributed by atoms with Crippen LogP contribution in [0.1, 0.15) is 12.0 Å². The summed E-state index contributed by atoms with van der Waals surface area (Å²) < 4.78 is 14.0. The van der Waals surface area contributed by atoms with E-state index < -0.39 is 11.8 Å². The van der Waals surface area contributed by atoms with E-state index in [9.17, 15) is 14.0 Å². The largest absolute Gasteiger partial charge is 0.369 e. The standard InChI is InChI=1S/C19H20BrFN2O2S/c20-15-3-7-17(8-4-15)26-10-9-18(24)23-12-14(19(22)25)11-13-1-5-16(21)6-2-13/h1-8,14H,9-12H2,(H2,22,25)(H,23,24). The monoisotopic (exact) mass is 438 g/mol. The van der Waals surface area contributed by atoms with Gasteiger partial charge in [0.2, 0.25) is 11.8 Å². The minimum absolute atomic E-state index is 0.125. The van der Waals surface area contributed by atoms with Crippen molar-refractivity contribution in [3.63, 3.8) is 0 Å². The third-order valence-electron chi connectivity index (χ3n) is 3.75. The number of hydrogen-bond acceptors (Lipinski definition) is 3. The van der Waals surface area contributed by atoms with Crippen molar-refractivity contribution in [1.29, 1.82) is 0 Å². The molecule has 0 aliphatic rings. The van der Waals surface area contributed by atoms with E-state index in [0.29, 0.717) is 18.6 Å². The molecular weight excluding hydrogens is 419 g/mol.